The molecule has 0 saturated carbocycles. The van der Waals surface area contributed by atoms with E-state index in [1.165, 1.54) is 0 Å². The van der Waals surface area contributed by atoms with E-state index in [-0.39, 0.29) is 11.7 Å². The Bertz CT molecular complexity index is 437. The van der Waals surface area contributed by atoms with Gasteiger partial charge in [-0.15, -0.1) is 0 Å². The van der Waals surface area contributed by atoms with Crippen LogP contribution >= 0.6 is 0 Å². The van der Waals surface area contributed by atoms with Crippen molar-refractivity contribution in [1.82, 2.24) is 0 Å². The molecule has 0 radical (unpaired) electrons. The number of carbonyl (C=O) groups is 2. The third-order valence-corrected chi connectivity index (χ3v) is 2.74. The Labute approximate surface area is 88.5 Å². The smallest absolute Gasteiger partial charge is 0.235 e. The van der Waals surface area contributed by atoms with E-state index >= 15 is 0 Å². The molecule has 1 unspecified atom stereocenters. The number of rotatable bonds is 1. The second kappa shape index (κ2) is 3.50. The predicted octanol–water partition coefficient (Wildman–Crippen LogP) is 2.16. The number of ketones is 1. The van der Waals surface area contributed by atoms with Crippen molar-refractivity contribution in [1.29, 1.82) is 0 Å². The van der Waals surface area contributed by atoms with Gasteiger partial charge in [-0.1, -0.05) is 18.6 Å². The van der Waals surface area contributed by atoms with Gasteiger partial charge in [0.25, 0.3) is 0 Å². The molecule has 1 atom stereocenters. The SMILES string of the molecule is CCC1C(=O)Nc2ccc(C)cc2C1=O. The highest BCUT2D eigenvalue weighted by molar-refractivity contribution is 6.20. The van der Waals surface area contributed by atoms with Crippen LogP contribution < -0.4 is 5.32 Å². The van der Waals surface area contributed by atoms with Crippen LogP contribution in [0.4, 0.5) is 5.69 Å². The molecule has 0 aromatic heterocycles. The summed E-state index contributed by atoms with van der Waals surface area (Å²) in [4.78, 5) is 23.5. The number of aryl methyl sites for hydroxylation is 1. The van der Waals surface area contributed by atoms with Gasteiger partial charge in [0, 0.05) is 5.56 Å². The lowest BCUT2D eigenvalue weighted by Crippen LogP contribution is -2.34. The number of nitrogens with one attached hydrogen (secondary N) is 1. The molecule has 0 bridgehead atoms. The zero-order chi connectivity index (χ0) is 11.0. The van der Waals surface area contributed by atoms with Crippen molar-refractivity contribution in [3.05, 3.63) is 29.3 Å². The highest BCUT2D eigenvalue weighted by Crippen LogP contribution is 2.27. The van der Waals surface area contributed by atoms with Crippen molar-refractivity contribution in [2.45, 2.75) is 20.3 Å². The summed E-state index contributed by atoms with van der Waals surface area (Å²) >= 11 is 0. The maximum atomic E-state index is 11.9. The van der Waals surface area contributed by atoms with Gasteiger partial charge in [0.15, 0.2) is 5.78 Å². The molecule has 15 heavy (non-hydrogen) atoms. The van der Waals surface area contributed by atoms with E-state index in [1.807, 2.05) is 26.0 Å². The first-order valence-electron chi connectivity index (χ1n) is 5.09. The van der Waals surface area contributed by atoms with Gasteiger partial charge in [-0.2, -0.15) is 0 Å². The first-order valence-corrected chi connectivity index (χ1v) is 5.09. The summed E-state index contributed by atoms with van der Waals surface area (Å²) in [6.07, 6.45) is 0.554. The van der Waals surface area contributed by atoms with Crippen molar-refractivity contribution < 1.29 is 9.59 Å². The van der Waals surface area contributed by atoms with E-state index in [0.717, 1.165) is 5.56 Å². The Morgan fingerprint density at radius 3 is 2.73 bits per heavy atom. The van der Waals surface area contributed by atoms with Crippen LogP contribution in [-0.4, -0.2) is 11.7 Å². The molecule has 1 aromatic carbocycles. The molecule has 1 aliphatic rings. The minimum absolute atomic E-state index is 0.0556. The van der Waals surface area contributed by atoms with Gasteiger partial charge in [-0.25, -0.2) is 0 Å². The number of anilines is 1. The number of hydrogen-bond acceptors (Lipinski definition) is 2. The molecule has 78 valence electrons. The highest BCUT2D eigenvalue weighted by Gasteiger charge is 2.32. The third-order valence-electron chi connectivity index (χ3n) is 2.74. The van der Waals surface area contributed by atoms with Gasteiger partial charge in [0.1, 0.15) is 5.92 Å². The van der Waals surface area contributed by atoms with Crippen LogP contribution in [0.15, 0.2) is 18.2 Å². The predicted molar refractivity (Wildman–Crippen MR) is 57.9 cm³/mol. The fourth-order valence-corrected chi connectivity index (χ4v) is 1.87. The molecule has 2 rings (SSSR count). The number of hydrogen-bond donors (Lipinski definition) is 1. The average Bonchev–Trinajstić information content (AvgIpc) is 2.20. The Morgan fingerprint density at radius 1 is 1.33 bits per heavy atom. The minimum Gasteiger partial charge on any atom is -0.325 e. The topological polar surface area (TPSA) is 46.2 Å². The standard InChI is InChI=1S/C12H13NO2/c1-3-8-11(14)9-6-7(2)4-5-10(9)13-12(8)15/h4-6,8H,3H2,1-2H3,(H,13,15). The first-order chi connectivity index (χ1) is 7.13. The molecule has 0 saturated heterocycles. The molecule has 0 aliphatic carbocycles. The molecular weight excluding hydrogens is 190 g/mol. The zero-order valence-electron chi connectivity index (χ0n) is 8.83. The summed E-state index contributed by atoms with van der Waals surface area (Å²) < 4.78 is 0. The van der Waals surface area contributed by atoms with Gasteiger partial charge in [-0.05, 0) is 25.5 Å². The van der Waals surface area contributed by atoms with Crippen molar-refractivity contribution in [2.24, 2.45) is 5.92 Å². The van der Waals surface area contributed by atoms with E-state index < -0.39 is 5.92 Å². The fourth-order valence-electron chi connectivity index (χ4n) is 1.87. The lowest BCUT2D eigenvalue weighted by Gasteiger charge is -2.22. The molecule has 1 amide bonds. The van der Waals surface area contributed by atoms with Crippen LogP contribution in [0.2, 0.25) is 0 Å². The van der Waals surface area contributed by atoms with Crippen LogP contribution in [0.3, 0.4) is 0 Å². The second-order valence-electron chi connectivity index (χ2n) is 3.86. The van der Waals surface area contributed by atoms with E-state index in [0.29, 0.717) is 17.7 Å². The summed E-state index contributed by atoms with van der Waals surface area (Å²) in [6.45, 7) is 3.79. The maximum Gasteiger partial charge on any atom is 0.235 e. The molecule has 0 spiro atoms. The molecule has 1 heterocycles. The third kappa shape index (κ3) is 1.54. The van der Waals surface area contributed by atoms with Crippen LogP contribution in [0.1, 0.15) is 29.3 Å². The summed E-state index contributed by atoms with van der Waals surface area (Å²) in [5, 5.41) is 2.76. The largest absolute Gasteiger partial charge is 0.325 e. The van der Waals surface area contributed by atoms with Crippen LogP contribution in [0, 0.1) is 12.8 Å². The van der Waals surface area contributed by atoms with Crippen LogP contribution in [0.25, 0.3) is 0 Å². The zero-order valence-corrected chi connectivity index (χ0v) is 8.83. The number of amides is 1. The Kier molecular flexibility index (Phi) is 2.31. The van der Waals surface area contributed by atoms with Crippen molar-refractivity contribution in [3.8, 4) is 0 Å². The van der Waals surface area contributed by atoms with Crippen LogP contribution in [0.5, 0.6) is 0 Å². The summed E-state index contributed by atoms with van der Waals surface area (Å²) in [5.74, 6) is -0.752. The molecule has 0 fully saturated rings. The van der Waals surface area contributed by atoms with Crippen molar-refractivity contribution in [3.63, 3.8) is 0 Å². The number of carbonyl (C=O) groups excluding carboxylic acids is 2. The van der Waals surface area contributed by atoms with Gasteiger partial charge in [-0.3, -0.25) is 9.59 Å². The normalized spacial score (nSPS) is 19.7. The summed E-state index contributed by atoms with van der Waals surface area (Å²) in [6, 6.07) is 5.50. The maximum absolute atomic E-state index is 11.9. The quantitative estimate of drug-likeness (QED) is 0.711. The number of Topliss-reactive ketones (excluding diaryl/α,β-unsaturated/α-hetero) is 1. The molecular formula is C12H13NO2. The Morgan fingerprint density at radius 2 is 2.07 bits per heavy atom. The monoisotopic (exact) mass is 203 g/mol. The Balaban J connectivity index is 2.51. The molecule has 3 nitrogen and oxygen atoms in total. The van der Waals surface area contributed by atoms with Gasteiger partial charge < -0.3 is 5.32 Å². The minimum atomic E-state index is -0.515. The second-order valence-corrected chi connectivity index (χ2v) is 3.86. The Hall–Kier alpha value is -1.64. The molecule has 1 aromatic rings. The summed E-state index contributed by atoms with van der Waals surface area (Å²) in [5.41, 5.74) is 2.31. The molecule has 1 N–H and O–H groups in total. The van der Waals surface area contributed by atoms with Crippen molar-refractivity contribution in [2.75, 3.05) is 5.32 Å². The lowest BCUT2D eigenvalue weighted by molar-refractivity contribution is -0.118. The van der Waals surface area contributed by atoms with Gasteiger partial charge in [0.2, 0.25) is 5.91 Å². The molecule has 3 heteroatoms. The van der Waals surface area contributed by atoms with Gasteiger partial charge >= 0.3 is 0 Å². The highest BCUT2D eigenvalue weighted by atomic mass is 16.2. The number of benzene rings is 1. The van der Waals surface area contributed by atoms with E-state index in [9.17, 15) is 9.59 Å². The van der Waals surface area contributed by atoms with Gasteiger partial charge in [0.05, 0.1) is 5.69 Å². The molecule has 1 aliphatic heterocycles. The first kappa shape index (κ1) is 9.90. The van der Waals surface area contributed by atoms with Crippen LogP contribution in [-0.2, 0) is 4.79 Å². The van der Waals surface area contributed by atoms with E-state index in [4.69, 9.17) is 0 Å². The summed E-state index contributed by atoms with van der Waals surface area (Å²) in [7, 11) is 0. The van der Waals surface area contributed by atoms with E-state index in [1.54, 1.807) is 6.07 Å². The van der Waals surface area contributed by atoms with Crippen molar-refractivity contribution >= 4 is 17.4 Å². The lowest BCUT2D eigenvalue weighted by atomic mass is 9.89. The fraction of sp³-hybridized carbons (Fsp3) is 0.333. The average molecular weight is 203 g/mol. The number of fused-ring (bicyclic) bond motifs is 1. The van der Waals surface area contributed by atoms with E-state index in [2.05, 4.69) is 5.32 Å².